The Bertz CT molecular complexity index is 1100. The van der Waals surface area contributed by atoms with E-state index in [4.69, 9.17) is 4.52 Å². The molecule has 1 fully saturated rings. The molecule has 0 radical (unpaired) electrons. The highest BCUT2D eigenvalue weighted by Gasteiger charge is 2.31. The van der Waals surface area contributed by atoms with Crippen molar-refractivity contribution in [1.82, 2.24) is 19.9 Å². The van der Waals surface area contributed by atoms with Gasteiger partial charge in [-0.05, 0) is 31.0 Å². The van der Waals surface area contributed by atoms with Crippen molar-refractivity contribution in [3.8, 4) is 11.4 Å². The molecule has 1 amide bonds. The minimum Gasteiger partial charge on any atom is -0.340 e. The minimum atomic E-state index is -4.43. The number of hydrogen-bond acceptors (Lipinski definition) is 5. The fourth-order valence-electron chi connectivity index (χ4n) is 3.89. The van der Waals surface area contributed by atoms with Crippen LogP contribution in [0.25, 0.3) is 11.4 Å². The Kier molecular flexibility index (Phi) is 6.78. The zero-order chi connectivity index (χ0) is 23.4. The predicted molar refractivity (Wildman–Crippen MR) is 116 cm³/mol. The summed E-state index contributed by atoms with van der Waals surface area (Å²) in [6, 6.07) is 13.0. The highest BCUT2D eigenvalue weighted by atomic mass is 19.4. The van der Waals surface area contributed by atoms with Crippen molar-refractivity contribution in [3.05, 3.63) is 71.1 Å². The molecule has 1 aromatic heterocycles. The lowest BCUT2D eigenvalue weighted by atomic mass is 10.1. The van der Waals surface area contributed by atoms with Crippen LogP contribution in [0.1, 0.15) is 29.0 Å². The van der Waals surface area contributed by atoms with Gasteiger partial charge in [0.2, 0.25) is 17.6 Å². The minimum absolute atomic E-state index is 0.126. The van der Waals surface area contributed by atoms with Crippen LogP contribution < -0.4 is 0 Å². The molecule has 2 heterocycles. The SMILES string of the molecule is Cc1cccc(CCC(=O)N2CCN(Cc3nc(-c4cccc(C(F)(F)F)c4)no3)CC2)c1. The Hall–Kier alpha value is -3.20. The van der Waals surface area contributed by atoms with E-state index in [-0.39, 0.29) is 17.3 Å². The van der Waals surface area contributed by atoms with Crippen molar-refractivity contribution in [1.29, 1.82) is 0 Å². The Morgan fingerprint density at radius 2 is 1.82 bits per heavy atom. The van der Waals surface area contributed by atoms with Crippen LogP contribution in [0.4, 0.5) is 13.2 Å². The van der Waals surface area contributed by atoms with Gasteiger partial charge in [-0.25, -0.2) is 0 Å². The lowest BCUT2D eigenvalue weighted by Crippen LogP contribution is -2.48. The molecule has 33 heavy (non-hydrogen) atoms. The maximum Gasteiger partial charge on any atom is 0.416 e. The number of nitrogens with zero attached hydrogens (tertiary/aromatic N) is 4. The lowest BCUT2D eigenvalue weighted by molar-refractivity contribution is -0.137. The van der Waals surface area contributed by atoms with Crippen LogP contribution in [-0.2, 0) is 23.9 Å². The molecular formula is C24H25F3N4O2. The summed E-state index contributed by atoms with van der Waals surface area (Å²) in [5.74, 6) is 0.600. The van der Waals surface area contributed by atoms with Crippen molar-refractivity contribution in [2.24, 2.45) is 0 Å². The average molecular weight is 458 g/mol. The fourth-order valence-corrected chi connectivity index (χ4v) is 3.89. The lowest BCUT2D eigenvalue weighted by Gasteiger charge is -2.34. The van der Waals surface area contributed by atoms with Crippen LogP contribution >= 0.6 is 0 Å². The molecule has 174 valence electrons. The molecule has 0 saturated carbocycles. The molecule has 0 atom stereocenters. The number of aryl methyl sites for hydroxylation is 2. The van der Waals surface area contributed by atoms with E-state index in [1.165, 1.54) is 17.7 Å². The second-order valence-corrected chi connectivity index (χ2v) is 8.24. The topological polar surface area (TPSA) is 62.5 Å². The Morgan fingerprint density at radius 1 is 1.06 bits per heavy atom. The van der Waals surface area contributed by atoms with E-state index in [1.54, 1.807) is 0 Å². The molecule has 1 aliphatic heterocycles. The standard InChI is InChI=1S/C24H25F3N4O2/c1-17-4-2-5-18(14-17)8-9-22(32)31-12-10-30(11-13-31)16-21-28-23(29-33-21)19-6-3-7-20(15-19)24(25,26)27/h2-7,14-15H,8-13,16H2,1H3. The van der Waals surface area contributed by atoms with E-state index >= 15 is 0 Å². The van der Waals surface area contributed by atoms with Gasteiger partial charge in [0, 0.05) is 38.2 Å². The van der Waals surface area contributed by atoms with E-state index in [1.807, 2.05) is 30.0 Å². The van der Waals surface area contributed by atoms with Crippen LogP contribution in [0, 0.1) is 6.92 Å². The van der Waals surface area contributed by atoms with E-state index in [0.717, 1.165) is 24.1 Å². The molecule has 3 aromatic rings. The van der Waals surface area contributed by atoms with E-state index < -0.39 is 11.7 Å². The zero-order valence-electron chi connectivity index (χ0n) is 18.3. The molecule has 1 aliphatic rings. The van der Waals surface area contributed by atoms with E-state index in [0.29, 0.717) is 45.0 Å². The molecule has 6 nitrogen and oxygen atoms in total. The van der Waals surface area contributed by atoms with Gasteiger partial charge in [0.15, 0.2) is 0 Å². The normalized spacial score (nSPS) is 15.1. The zero-order valence-corrected chi connectivity index (χ0v) is 18.3. The Labute approximate surface area is 190 Å². The quantitative estimate of drug-likeness (QED) is 0.550. The second kappa shape index (κ2) is 9.74. The number of piperazine rings is 1. The number of benzene rings is 2. The molecule has 0 spiro atoms. The third-order valence-corrected chi connectivity index (χ3v) is 5.71. The maximum absolute atomic E-state index is 12.9. The van der Waals surface area contributed by atoms with Crippen LogP contribution in [0.3, 0.4) is 0 Å². The average Bonchev–Trinajstić information content (AvgIpc) is 3.26. The van der Waals surface area contributed by atoms with E-state index in [2.05, 4.69) is 21.1 Å². The number of rotatable bonds is 6. The van der Waals surface area contributed by atoms with E-state index in [9.17, 15) is 18.0 Å². The molecule has 0 aliphatic carbocycles. The van der Waals surface area contributed by atoms with Crippen LogP contribution in [0.2, 0.25) is 0 Å². The molecule has 0 N–H and O–H groups in total. The van der Waals surface area contributed by atoms with Gasteiger partial charge in [0.05, 0.1) is 12.1 Å². The first-order chi connectivity index (χ1) is 15.8. The molecule has 1 saturated heterocycles. The number of alkyl halides is 3. The smallest absolute Gasteiger partial charge is 0.340 e. The van der Waals surface area contributed by atoms with Gasteiger partial charge in [-0.1, -0.05) is 47.1 Å². The van der Waals surface area contributed by atoms with Gasteiger partial charge in [0.1, 0.15) is 0 Å². The third kappa shape index (κ3) is 5.98. The van der Waals surface area contributed by atoms with Gasteiger partial charge < -0.3 is 9.42 Å². The summed E-state index contributed by atoms with van der Waals surface area (Å²) < 4.78 is 44.1. The summed E-state index contributed by atoms with van der Waals surface area (Å²) in [5, 5.41) is 3.83. The van der Waals surface area contributed by atoms with Crippen molar-refractivity contribution in [2.75, 3.05) is 26.2 Å². The van der Waals surface area contributed by atoms with Gasteiger partial charge in [-0.2, -0.15) is 18.2 Å². The first-order valence-corrected chi connectivity index (χ1v) is 10.8. The Balaban J connectivity index is 1.27. The number of hydrogen-bond donors (Lipinski definition) is 0. The molecule has 4 rings (SSSR count). The summed E-state index contributed by atoms with van der Waals surface area (Å²) in [6.07, 6.45) is -3.23. The third-order valence-electron chi connectivity index (χ3n) is 5.71. The second-order valence-electron chi connectivity index (χ2n) is 8.24. The molecule has 0 unspecified atom stereocenters. The highest BCUT2D eigenvalue weighted by Crippen LogP contribution is 2.31. The van der Waals surface area contributed by atoms with Crippen LogP contribution in [-0.4, -0.2) is 52.0 Å². The van der Waals surface area contributed by atoms with Gasteiger partial charge in [-0.3, -0.25) is 9.69 Å². The van der Waals surface area contributed by atoms with Crippen LogP contribution in [0.5, 0.6) is 0 Å². The van der Waals surface area contributed by atoms with Gasteiger partial charge in [0.25, 0.3) is 0 Å². The molecule has 0 bridgehead atoms. The number of carbonyl (C=O) groups is 1. The maximum atomic E-state index is 12.9. The monoisotopic (exact) mass is 458 g/mol. The fraction of sp³-hybridized carbons (Fsp3) is 0.375. The number of carbonyl (C=O) groups excluding carboxylic acids is 1. The summed E-state index contributed by atoms with van der Waals surface area (Å²) in [5.41, 5.74) is 1.85. The number of aromatic nitrogens is 2. The van der Waals surface area contributed by atoms with Crippen LogP contribution in [0.15, 0.2) is 53.1 Å². The van der Waals surface area contributed by atoms with Crippen molar-refractivity contribution >= 4 is 5.91 Å². The van der Waals surface area contributed by atoms with Gasteiger partial charge >= 0.3 is 6.18 Å². The van der Waals surface area contributed by atoms with Gasteiger partial charge in [-0.15, -0.1) is 0 Å². The molecule has 9 heteroatoms. The molecular weight excluding hydrogens is 433 g/mol. The number of amides is 1. The first kappa shape index (κ1) is 23.0. The molecule has 2 aromatic carbocycles. The summed E-state index contributed by atoms with van der Waals surface area (Å²) in [7, 11) is 0. The summed E-state index contributed by atoms with van der Waals surface area (Å²) in [6.45, 7) is 4.98. The highest BCUT2D eigenvalue weighted by molar-refractivity contribution is 5.76. The predicted octanol–water partition coefficient (Wildman–Crippen LogP) is 4.34. The first-order valence-electron chi connectivity index (χ1n) is 10.8. The van der Waals surface area contributed by atoms with Crippen molar-refractivity contribution < 1.29 is 22.5 Å². The summed E-state index contributed by atoms with van der Waals surface area (Å²) in [4.78, 5) is 20.8. The number of halogens is 3. The largest absolute Gasteiger partial charge is 0.416 e. The van der Waals surface area contributed by atoms with Crippen molar-refractivity contribution in [2.45, 2.75) is 32.5 Å². The summed E-state index contributed by atoms with van der Waals surface area (Å²) >= 11 is 0. The van der Waals surface area contributed by atoms with Crippen molar-refractivity contribution in [3.63, 3.8) is 0 Å². The Morgan fingerprint density at radius 3 is 2.55 bits per heavy atom.